The van der Waals surface area contributed by atoms with E-state index in [1.165, 1.54) is 24.5 Å². The van der Waals surface area contributed by atoms with Crippen molar-refractivity contribution < 1.29 is 18.3 Å². The van der Waals surface area contributed by atoms with E-state index in [4.69, 9.17) is 5.11 Å². The van der Waals surface area contributed by atoms with Crippen LogP contribution >= 0.6 is 0 Å². The van der Waals surface area contributed by atoms with Gasteiger partial charge in [0.05, 0.1) is 11.8 Å². The van der Waals surface area contributed by atoms with Crippen molar-refractivity contribution in [2.24, 2.45) is 4.99 Å². The number of hydrogen-bond donors (Lipinski definition) is 2. The van der Waals surface area contributed by atoms with Crippen LogP contribution in [0, 0.1) is 0 Å². The van der Waals surface area contributed by atoms with E-state index in [0.717, 1.165) is 12.1 Å². The van der Waals surface area contributed by atoms with Gasteiger partial charge in [-0.05, 0) is 17.7 Å². The molecule has 0 fully saturated rings. The molecule has 0 saturated heterocycles. The number of nitrogens with zero attached hydrogens (tertiary/aromatic N) is 1. The number of hydrogen-bond acceptors (Lipinski definition) is 3. The predicted molar refractivity (Wildman–Crippen MR) is 56.5 cm³/mol. The van der Waals surface area contributed by atoms with Crippen molar-refractivity contribution in [2.75, 3.05) is 0 Å². The third-order valence-electron chi connectivity index (χ3n) is 2.30. The molecule has 2 rings (SSSR count). The zero-order valence-electron chi connectivity index (χ0n) is 8.57. The molecule has 1 unspecified atom stereocenters. The zero-order valence-corrected chi connectivity index (χ0v) is 8.57. The van der Waals surface area contributed by atoms with Gasteiger partial charge >= 0.3 is 6.18 Å². The van der Waals surface area contributed by atoms with Crippen LogP contribution in [0.3, 0.4) is 0 Å². The summed E-state index contributed by atoms with van der Waals surface area (Å²) in [6.07, 6.45) is -2.21. The quantitative estimate of drug-likeness (QED) is 0.795. The van der Waals surface area contributed by atoms with Gasteiger partial charge < -0.3 is 10.4 Å². The van der Waals surface area contributed by atoms with E-state index >= 15 is 0 Å². The lowest BCUT2D eigenvalue weighted by Crippen LogP contribution is -2.18. The second-order valence-electron chi connectivity index (χ2n) is 3.54. The molecule has 0 aromatic heterocycles. The summed E-state index contributed by atoms with van der Waals surface area (Å²) in [5.74, 6) is -0.0202. The van der Waals surface area contributed by atoms with Gasteiger partial charge in [-0.2, -0.15) is 13.2 Å². The van der Waals surface area contributed by atoms with Crippen LogP contribution in [0.5, 0.6) is 0 Å². The molecule has 1 atom stereocenters. The lowest BCUT2D eigenvalue weighted by Gasteiger charge is -2.17. The van der Waals surface area contributed by atoms with Crippen LogP contribution in [0.4, 0.5) is 13.2 Å². The van der Waals surface area contributed by atoms with Crippen molar-refractivity contribution in [3.63, 3.8) is 0 Å². The summed E-state index contributed by atoms with van der Waals surface area (Å²) in [6.45, 7) is 0. The second kappa shape index (κ2) is 4.12. The summed E-state index contributed by atoms with van der Waals surface area (Å²) in [5.41, 5.74) is -0.0996. The first kappa shape index (κ1) is 11.5. The smallest absolute Gasteiger partial charge is 0.416 e. The Kier molecular flexibility index (Phi) is 2.79. The Hall–Kier alpha value is -1.98. The van der Waals surface area contributed by atoms with Crippen LogP contribution in [-0.2, 0) is 6.18 Å². The highest BCUT2D eigenvalue weighted by molar-refractivity contribution is 5.76. The maximum atomic E-state index is 12.3. The van der Waals surface area contributed by atoms with Crippen LogP contribution < -0.4 is 5.32 Å². The van der Waals surface area contributed by atoms with Crippen LogP contribution in [0.2, 0.25) is 0 Å². The number of allylic oxidation sites excluding steroid dienone is 1. The Labute approximate surface area is 95.3 Å². The first-order chi connectivity index (χ1) is 7.97. The number of halogens is 3. The van der Waals surface area contributed by atoms with Crippen molar-refractivity contribution in [1.29, 1.82) is 0 Å². The Morgan fingerprint density at radius 3 is 2.29 bits per heavy atom. The Morgan fingerprint density at radius 2 is 1.82 bits per heavy atom. The number of rotatable bonds is 1. The maximum Gasteiger partial charge on any atom is 0.416 e. The van der Waals surface area contributed by atoms with Gasteiger partial charge in [-0.15, -0.1) is 0 Å². The third-order valence-corrected chi connectivity index (χ3v) is 2.30. The number of aliphatic imine (C=N–C) groups is 1. The minimum Gasteiger partial charge on any atom is -0.505 e. The summed E-state index contributed by atoms with van der Waals surface area (Å²) < 4.78 is 37.0. The monoisotopic (exact) mass is 242 g/mol. The number of alkyl halides is 3. The van der Waals surface area contributed by atoms with Gasteiger partial charge in [0.2, 0.25) is 0 Å². The molecule has 0 amide bonds. The van der Waals surface area contributed by atoms with Crippen molar-refractivity contribution in [3.05, 3.63) is 47.4 Å². The van der Waals surface area contributed by atoms with Crippen molar-refractivity contribution in [1.82, 2.24) is 5.32 Å². The Morgan fingerprint density at radius 1 is 1.18 bits per heavy atom. The van der Waals surface area contributed by atoms with E-state index in [-0.39, 0.29) is 5.76 Å². The van der Waals surface area contributed by atoms with Gasteiger partial charge in [0.1, 0.15) is 11.9 Å². The van der Waals surface area contributed by atoms with Gasteiger partial charge in [0, 0.05) is 6.20 Å². The topological polar surface area (TPSA) is 44.6 Å². The van der Waals surface area contributed by atoms with E-state index in [0.29, 0.717) is 5.56 Å². The number of aliphatic hydroxyl groups excluding tert-OH is 1. The van der Waals surface area contributed by atoms with Crippen molar-refractivity contribution in [3.8, 4) is 0 Å². The molecule has 6 heteroatoms. The lowest BCUT2D eigenvalue weighted by molar-refractivity contribution is -0.137. The molecular weight excluding hydrogens is 233 g/mol. The molecule has 0 aliphatic carbocycles. The molecule has 0 spiro atoms. The summed E-state index contributed by atoms with van der Waals surface area (Å²) in [5, 5.41) is 11.8. The first-order valence-corrected chi connectivity index (χ1v) is 4.82. The molecule has 3 nitrogen and oxygen atoms in total. The largest absolute Gasteiger partial charge is 0.505 e. The fourth-order valence-electron chi connectivity index (χ4n) is 1.43. The van der Waals surface area contributed by atoms with Crippen molar-refractivity contribution >= 4 is 6.21 Å². The molecule has 1 aliphatic heterocycles. The first-order valence-electron chi connectivity index (χ1n) is 4.82. The molecule has 0 bridgehead atoms. The second-order valence-corrected chi connectivity index (χ2v) is 3.54. The zero-order chi connectivity index (χ0) is 12.5. The fourth-order valence-corrected chi connectivity index (χ4v) is 1.43. The standard InChI is InChI=1S/C11H9F3N2O/c12-11(13,14)8-3-1-7(2-4-8)10-15-5-9(17)6-16-10/h1-6,10,15,17H. The van der Waals surface area contributed by atoms with E-state index in [1.54, 1.807) is 0 Å². The highest BCUT2D eigenvalue weighted by Crippen LogP contribution is 2.30. The number of benzene rings is 1. The normalized spacial score (nSPS) is 19.7. The summed E-state index contributed by atoms with van der Waals surface area (Å²) >= 11 is 0. The van der Waals surface area contributed by atoms with Gasteiger partial charge in [-0.25, -0.2) is 0 Å². The fraction of sp³-hybridized carbons (Fsp3) is 0.182. The highest BCUT2D eigenvalue weighted by atomic mass is 19.4. The minimum atomic E-state index is -4.33. The third kappa shape index (κ3) is 2.58. The minimum absolute atomic E-state index is 0.0202. The predicted octanol–water partition coefficient (Wildman–Crippen LogP) is 2.78. The molecule has 90 valence electrons. The van der Waals surface area contributed by atoms with Crippen LogP contribution in [0.15, 0.2) is 41.2 Å². The molecule has 1 aliphatic rings. The molecule has 2 N–H and O–H groups in total. The molecule has 1 aromatic carbocycles. The maximum absolute atomic E-state index is 12.3. The SMILES string of the molecule is OC1=CNC(c2ccc(C(F)(F)F)cc2)N=C1. The van der Waals surface area contributed by atoms with Crippen LogP contribution in [0.25, 0.3) is 0 Å². The lowest BCUT2D eigenvalue weighted by atomic mass is 10.1. The molecule has 0 saturated carbocycles. The van der Waals surface area contributed by atoms with E-state index in [9.17, 15) is 13.2 Å². The Bertz CT molecular complexity index is 463. The number of nitrogens with one attached hydrogen (secondary N) is 1. The molecular formula is C11H9F3N2O. The number of aliphatic hydroxyl groups is 1. The highest BCUT2D eigenvalue weighted by Gasteiger charge is 2.30. The van der Waals surface area contributed by atoms with Crippen molar-refractivity contribution in [2.45, 2.75) is 12.3 Å². The average Bonchev–Trinajstić information content (AvgIpc) is 2.29. The van der Waals surface area contributed by atoms with Gasteiger partial charge in [0.25, 0.3) is 0 Å². The molecule has 17 heavy (non-hydrogen) atoms. The molecule has 1 heterocycles. The van der Waals surface area contributed by atoms with E-state index in [2.05, 4.69) is 10.3 Å². The van der Waals surface area contributed by atoms with Crippen LogP contribution in [-0.4, -0.2) is 11.3 Å². The molecule has 0 radical (unpaired) electrons. The average molecular weight is 242 g/mol. The van der Waals surface area contributed by atoms with E-state index < -0.39 is 17.9 Å². The molecule has 1 aromatic rings. The summed E-state index contributed by atoms with van der Waals surface area (Å²) in [6, 6.07) is 4.72. The Balaban J connectivity index is 2.17. The van der Waals surface area contributed by atoms with Gasteiger partial charge in [-0.1, -0.05) is 12.1 Å². The van der Waals surface area contributed by atoms with Gasteiger partial charge in [-0.3, -0.25) is 4.99 Å². The summed E-state index contributed by atoms with van der Waals surface area (Å²) in [7, 11) is 0. The van der Waals surface area contributed by atoms with E-state index in [1.807, 2.05) is 0 Å². The van der Waals surface area contributed by atoms with Gasteiger partial charge in [0.15, 0.2) is 0 Å². The summed E-state index contributed by atoms with van der Waals surface area (Å²) in [4.78, 5) is 3.94. The van der Waals surface area contributed by atoms with Crippen LogP contribution in [0.1, 0.15) is 17.3 Å².